The van der Waals surface area contributed by atoms with Gasteiger partial charge in [-0.1, -0.05) is 11.6 Å². The predicted molar refractivity (Wildman–Crippen MR) is 111 cm³/mol. The van der Waals surface area contributed by atoms with Crippen LogP contribution in [0.4, 0.5) is 0 Å². The highest BCUT2D eigenvalue weighted by Crippen LogP contribution is 2.28. The van der Waals surface area contributed by atoms with Gasteiger partial charge < -0.3 is 4.74 Å². The van der Waals surface area contributed by atoms with E-state index in [1.807, 2.05) is 0 Å². The van der Waals surface area contributed by atoms with Crippen molar-refractivity contribution >= 4 is 39.7 Å². The molecule has 150 valence electrons. The zero-order valence-corrected chi connectivity index (χ0v) is 17.2. The molecular weight excluding hydrogens is 412 g/mol. The fourth-order valence-corrected chi connectivity index (χ4v) is 4.80. The molecular formula is C21H19ClN2O4S. The van der Waals surface area contributed by atoms with Crippen LogP contribution in [0.1, 0.15) is 52.3 Å². The van der Waals surface area contributed by atoms with E-state index in [4.69, 9.17) is 16.3 Å². The van der Waals surface area contributed by atoms with Gasteiger partial charge in [-0.05, 0) is 49.9 Å². The van der Waals surface area contributed by atoms with Crippen LogP contribution in [0, 0.1) is 0 Å². The number of ketones is 1. The Kier molecular flexibility index (Phi) is 5.78. The lowest BCUT2D eigenvalue weighted by Gasteiger charge is -2.10. The summed E-state index contributed by atoms with van der Waals surface area (Å²) in [7, 11) is 0. The Morgan fingerprint density at radius 2 is 1.90 bits per heavy atom. The molecule has 29 heavy (non-hydrogen) atoms. The third-order valence-electron chi connectivity index (χ3n) is 4.92. The molecule has 0 N–H and O–H groups in total. The number of aryl methyl sites for hydroxylation is 2. The van der Waals surface area contributed by atoms with Crippen LogP contribution in [0.3, 0.4) is 0 Å². The second-order valence-corrected chi connectivity index (χ2v) is 8.47. The van der Waals surface area contributed by atoms with Crippen LogP contribution in [0.2, 0.25) is 5.02 Å². The molecule has 1 aromatic carbocycles. The fraction of sp³-hybridized carbons (Fsp3) is 0.333. The number of esters is 1. The minimum absolute atomic E-state index is 0.0318. The van der Waals surface area contributed by atoms with E-state index in [0.29, 0.717) is 21.2 Å². The number of thiazole rings is 1. The van der Waals surface area contributed by atoms with Crippen molar-refractivity contribution < 1.29 is 14.3 Å². The van der Waals surface area contributed by atoms with Crippen LogP contribution < -0.4 is 5.56 Å². The average molecular weight is 431 g/mol. The summed E-state index contributed by atoms with van der Waals surface area (Å²) in [5, 5.41) is 0.549. The summed E-state index contributed by atoms with van der Waals surface area (Å²) in [4.78, 5) is 43.0. The van der Waals surface area contributed by atoms with E-state index in [-0.39, 0.29) is 30.8 Å². The molecule has 0 atom stereocenters. The van der Waals surface area contributed by atoms with Gasteiger partial charge in [-0.2, -0.15) is 0 Å². The molecule has 0 fully saturated rings. The summed E-state index contributed by atoms with van der Waals surface area (Å²) in [5.41, 5.74) is 1.85. The Labute approximate surface area is 176 Å². The number of carbonyl (C=O) groups excluding carboxylic acids is 2. The smallest absolute Gasteiger partial charge is 0.306 e. The molecule has 3 aromatic rings. The molecule has 8 heteroatoms. The van der Waals surface area contributed by atoms with E-state index in [1.165, 1.54) is 22.3 Å². The third kappa shape index (κ3) is 4.41. The quantitative estimate of drug-likeness (QED) is 0.436. The number of fused-ring (bicyclic) bond motifs is 3. The zero-order chi connectivity index (χ0) is 20.4. The lowest BCUT2D eigenvalue weighted by Crippen LogP contribution is -2.18. The maximum atomic E-state index is 12.5. The van der Waals surface area contributed by atoms with Gasteiger partial charge in [0.05, 0.1) is 12.1 Å². The summed E-state index contributed by atoms with van der Waals surface area (Å²) >= 11 is 7.34. The number of benzene rings is 1. The third-order valence-corrected chi connectivity index (χ3v) is 6.31. The standard InChI is InChI=1S/C21H19ClN2O4S/c22-14-7-5-13(6-8-14)17(25)9-10-20(27)28-12-15-11-19(26)24-16-3-1-2-4-18(16)29-21(24)23-15/h5-8,11H,1-4,9-10,12H2. The van der Waals surface area contributed by atoms with Gasteiger partial charge in [-0.3, -0.25) is 18.8 Å². The molecule has 4 rings (SSSR count). The van der Waals surface area contributed by atoms with Gasteiger partial charge in [0.25, 0.3) is 5.56 Å². The van der Waals surface area contributed by atoms with E-state index in [9.17, 15) is 14.4 Å². The van der Waals surface area contributed by atoms with Gasteiger partial charge in [0.1, 0.15) is 6.61 Å². The van der Waals surface area contributed by atoms with Crippen LogP contribution in [0.25, 0.3) is 4.96 Å². The van der Waals surface area contributed by atoms with Crippen molar-refractivity contribution in [3.63, 3.8) is 0 Å². The van der Waals surface area contributed by atoms with Crippen molar-refractivity contribution in [3.8, 4) is 0 Å². The van der Waals surface area contributed by atoms with Gasteiger partial charge in [0, 0.05) is 33.6 Å². The first-order chi connectivity index (χ1) is 14.0. The number of hydrogen-bond acceptors (Lipinski definition) is 6. The van der Waals surface area contributed by atoms with Crippen molar-refractivity contribution in [1.82, 2.24) is 9.38 Å². The maximum Gasteiger partial charge on any atom is 0.306 e. The van der Waals surface area contributed by atoms with Gasteiger partial charge in [0.2, 0.25) is 0 Å². The molecule has 0 spiro atoms. The minimum atomic E-state index is -0.500. The molecule has 6 nitrogen and oxygen atoms in total. The van der Waals surface area contributed by atoms with Crippen molar-refractivity contribution in [1.29, 1.82) is 0 Å². The summed E-state index contributed by atoms with van der Waals surface area (Å²) in [5.74, 6) is -0.652. The van der Waals surface area contributed by atoms with Crippen molar-refractivity contribution in [2.75, 3.05) is 0 Å². The minimum Gasteiger partial charge on any atom is -0.459 e. The Balaban J connectivity index is 1.36. The number of rotatable bonds is 6. The molecule has 2 heterocycles. The Hall–Kier alpha value is -2.51. The second-order valence-electron chi connectivity index (χ2n) is 6.97. The SMILES string of the molecule is O=C(CCC(=O)c1ccc(Cl)cc1)OCc1cc(=O)n2c3c(sc2n1)CCCC3. The fourth-order valence-electron chi connectivity index (χ4n) is 3.44. The molecule has 2 aromatic heterocycles. The summed E-state index contributed by atoms with van der Waals surface area (Å²) in [6, 6.07) is 7.94. The number of Topliss-reactive ketones (excluding diaryl/α,β-unsaturated/α-hetero) is 1. The van der Waals surface area contributed by atoms with Gasteiger partial charge >= 0.3 is 5.97 Å². The van der Waals surface area contributed by atoms with E-state index in [2.05, 4.69) is 4.98 Å². The number of hydrogen-bond donors (Lipinski definition) is 0. The normalized spacial score (nSPS) is 13.3. The van der Waals surface area contributed by atoms with Crippen LogP contribution in [0.15, 0.2) is 35.1 Å². The number of nitrogens with zero attached hydrogens (tertiary/aromatic N) is 2. The molecule has 0 bridgehead atoms. The average Bonchev–Trinajstić information content (AvgIpc) is 3.10. The van der Waals surface area contributed by atoms with Crippen molar-refractivity contribution in [2.45, 2.75) is 45.1 Å². The van der Waals surface area contributed by atoms with Gasteiger partial charge in [0.15, 0.2) is 10.7 Å². The number of carbonyl (C=O) groups is 2. The largest absolute Gasteiger partial charge is 0.459 e. The van der Waals surface area contributed by atoms with E-state index >= 15 is 0 Å². The Morgan fingerprint density at radius 3 is 2.69 bits per heavy atom. The molecule has 1 aliphatic rings. The van der Waals surface area contributed by atoms with Crippen LogP contribution in [-0.4, -0.2) is 21.1 Å². The first-order valence-corrected chi connectivity index (χ1v) is 10.7. The number of aromatic nitrogens is 2. The highest BCUT2D eigenvalue weighted by molar-refractivity contribution is 7.17. The lowest BCUT2D eigenvalue weighted by atomic mass is 10.0. The van der Waals surface area contributed by atoms with Gasteiger partial charge in [-0.15, -0.1) is 11.3 Å². The van der Waals surface area contributed by atoms with E-state index in [0.717, 1.165) is 31.4 Å². The Morgan fingerprint density at radius 1 is 1.14 bits per heavy atom. The predicted octanol–water partition coefficient (Wildman–Crippen LogP) is 3.99. The maximum absolute atomic E-state index is 12.5. The molecule has 0 radical (unpaired) electrons. The monoisotopic (exact) mass is 430 g/mol. The molecule has 0 unspecified atom stereocenters. The molecule has 1 aliphatic carbocycles. The summed E-state index contributed by atoms with van der Waals surface area (Å²) in [6.07, 6.45) is 4.11. The second kappa shape index (κ2) is 8.47. The number of halogens is 1. The summed E-state index contributed by atoms with van der Waals surface area (Å²) < 4.78 is 6.90. The summed E-state index contributed by atoms with van der Waals surface area (Å²) in [6.45, 7) is -0.0811. The first-order valence-electron chi connectivity index (χ1n) is 9.49. The molecule has 0 aliphatic heterocycles. The molecule has 0 saturated heterocycles. The molecule has 0 saturated carbocycles. The number of ether oxygens (including phenoxy) is 1. The molecule has 0 amide bonds. The van der Waals surface area contributed by atoms with Crippen LogP contribution >= 0.6 is 22.9 Å². The van der Waals surface area contributed by atoms with Crippen molar-refractivity contribution in [2.24, 2.45) is 0 Å². The highest BCUT2D eigenvalue weighted by Gasteiger charge is 2.19. The first kappa shape index (κ1) is 19.8. The van der Waals surface area contributed by atoms with Crippen molar-refractivity contribution in [3.05, 3.63) is 67.5 Å². The Bertz CT molecular complexity index is 1130. The zero-order valence-electron chi connectivity index (χ0n) is 15.7. The highest BCUT2D eigenvalue weighted by atomic mass is 35.5. The van der Waals surface area contributed by atoms with Gasteiger partial charge in [-0.25, -0.2) is 4.98 Å². The van der Waals surface area contributed by atoms with E-state index in [1.54, 1.807) is 28.7 Å². The topological polar surface area (TPSA) is 77.7 Å². The van der Waals surface area contributed by atoms with Crippen LogP contribution in [-0.2, 0) is 29.0 Å². The lowest BCUT2D eigenvalue weighted by molar-refractivity contribution is -0.145. The van der Waals surface area contributed by atoms with E-state index < -0.39 is 5.97 Å². The van der Waals surface area contributed by atoms with Crippen LogP contribution in [0.5, 0.6) is 0 Å².